The summed E-state index contributed by atoms with van der Waals surface area (Å²) < 4.78 is 20.2. The van der Waals surface area contributed by atoms with Gasteiger partial charge in [0.15, 0.2) is 5.92 Å². The number of ether oxygens (including phenoxy) is 4. The summed E-state index contributed by atoms with van der Waals surface area (Å²) in [6.07, 6.45) is 2.19. The van der Waals surface area contributed by atoms with Crippen LogP contribution in [0.4, 0.5) is 5.69 Å². The lowest BCUT2D eigenvalue weighted by Gasteiger charge is -2.17. The number of nitro benzene ring substituents is 1. The zero-order chi connectivity index (χ0) is 20.0. The monoisotopic (exact) mass is 399 g/mol. The Labute approximate surface area is 159 Å². The highest BCUT2D eigenvalue weighted by molar-refractivity contribution is 6.31. The lowest BCUT2D eigenvalue weighted by atomic mass is 9.94. The van der Waals surface area contributed by atoms with Crippen LogP contribution in [0.5, 0.6) is 0 Å². The van der Waals surface area contributed by atoms with Gasteiger partial charge < -0.3 is 18.9 Å². The molecule has 0 N–H and O–H groups in total. The second kappa shape index (κ2) is 9.22. The van der Waals surface area contributed by atoms with Crippen LogP contribution >= 0.6 is 11.6 Å². The molecule has 0 bridgehead atoms. The van der Waals surface area contributed by atoms with Gasteiger partial charge in [-0.2, -0.15) is 0 Å². The molecular weight excluding hydrogens is 382 g/mol. The van der Waals surface area contributed by atoms with Crippen molar-refractivity contribution in [3.63, 3.8) is 0 Å². The summed E-state index contributed by atoms with van der Waals surface area (Å²) in [6.45, 7) is 3.12. The molecule has 9 nitrogen and oxygen atoms in total. The SMILES string of the molecule is CCOC(=O)C(C(=O)OCC)c1cc(CC2OC=CO2)c(Cl)cc1[N+](=O)[O-]. The van der Waals surface area contributed by atoms with Crippen molar-refractivity contribution in [2.75, 3.05) is 13.2 Å². The van der Waals surface area contributed by atoms with Gasteiger partial charge in [0.1, 0.15) is 12.5 Å². The Hall–Kier alpha value is -2.81. The van der Waals surface area contributed by atoms with Crippen molar-refractivity contribution >= 4 is 29.2 Å². The fraction of sp³-hybridized carbons (Fsp3) is 0.412. The second-order valence-corrected chi connectivity index (χ2v) is 5.78. The highest BCUT2D eigenvalue weighted by Crippen LogP contribution is 2.35. The molecule has 10 heteroatoms. The van der Waals surface area contributed by atoms with Crippen molar-refractivity contribution in [3.8, 4) is 0 Å². The highest BCUT2D eigenvalue weighted by Gasteiger charge is 2.37. The Morgan fingerprint density at radius 3 is 2.22 bits per heavy atom. The van der Waals surface area contributed by atoms with Gasteiger partial charge in [-0.3, -0.25) is 19.7 Å². The molecule has 0 aliphatic carbocycles. The van der Waals surface area contributed by atoms with E-state index in [9.17, 15) is 19.7 Å². The molecule has 0 saturated carbocycles. The molecule has 0 radical (unpaired) electrons. The molecule has 146 valence electrons. The van der Waals surface area contributed by atoms with Crippen LogP contribution < -0.4 is 0 Å². The lowest BCUT2D eigenvalue weighted by molar-refractivity contribution is -0.385. The van der Waals surface area contributed by atoms with Crippen molar-refractivity contribution in [2.24, 2.45) is 0 Å². The van der Waals surface area contributed by atoms with E-state index in [0.717, 1.165) is 6.07 Å². The Morgan fingerprint density at radius 1 is 1.19 bits per heavy atom. The number of halogens is 1. The predicted octanol–water partition coefficient (Wildman–Crippen LogP) is 2.84. The minimum absolute atomic E-state index is 0.00158. The number of rotatable bonds is 8. The number of carbonyl (C=O) groups is 2. The third-order valence-electron chi connectivity index (χ3n) is 3.65. The zero-order valence-electron chi connectivity index (χ0n) is 14.7. The van der Waals surface area contributed by atoms with Gasteiger partial charge >= 0.3 is 11.9 Å². The maximum Gasteiger partial charge on any atom is 0.325 e. The van der Waals surface area contributed by atoms with E-state index >= 15 is 0 Å². The lowest BCUT2D eigenvalue weighted by Crippen LogP contribution is -2.27. The molecule has 0 amide bonds. The normalized spacial score (nSPS) is 13.2. The molecule has 1 aromatic carbocycles. The maximum absolute atomic E-state index is 12.3. The Bertz CT molecular complexity index is 738. The number of hydrogen-bond acceptors (Lipinski definition) is 8. The summed E-state index contributed by atoms with van der Waals surface area (Å²) >= 11 is 6.14. The minimum atomic E-state index is -1.61. The van der Waals surface area contributed by atoms with Gasteiger partial charge in [-0.15, -0.1) is 0 Å². The van der Waals surface area contributed by atoms with Crippen molar-refractivity contribution < 1.29 is 33.5 Å². The van der Waals surface area contributed by atoms with Crippen LogP contribution in [0.1, 0.15) is 30.9 Å². The number of esters is 2. The Balaban J connectivity index is 2.51. The minimum Gasteiger partial charge on any atom is -0.465 e. The molecule has 0 aromatic heterocycles. The first-order valence-electron chi connectivity index (χ1n) is 8.14. The van der Waals surface area contributed by atoms with Gasteiger partial charge in [-0.1, -0.05) is 11.6 Å². The van der Waals surface area contributed by atoms with Crippen LogP contribution in [0.3, 0.4) is 0 Å². The third-order valence-corrected chi connectivity index (χ3v) is 4.00. The summed E-state index contributed by atoms with van der Waals surface area (Å²) in [5, 5.41) is 11.6. The van der Waals surface area contributed by atoms with Gasteiger partial charge in [0.05, 0.1) is 28.7 Å². The quantitative estimate of drug-likeness (QED) is 0.283. The largest absolute Gasteiger partial charge is 0.465 e. The fourth-order valence-electron chi connectivity index (χ4n) is 2.52. The predicted molar refractivity (Wildman–Crippen MR) is 92.9 cm³/mol. The van der Waals surface area contributed by atoms with Crippen LogP contribution in [-0.4, -0.2) is 36.4 Å². The molecule has 0 spiro atoms. The average Bonchev–Trinajstić information content (AvgIpc) is 3.11. The second-order valence-electron chi connectivity index (χ2n) is 5.37. The van der Waals surface area contributed by atoms with Crippen LogP contribution in [-0.2, 0) is 35.0 Å². The third kappa shape index (κ3) is 4.88. The highest BCUT2D eigenvalue weighted by atomic mass is 35.5. The Morgan fingerprint density at radius 2 is 1.74 bits per heavy atom. The van der Waals surface area contributed by atoms with E-state index in [2.05, 4.69) is 0 Å². The summed E-state index contributed by atoms with van der Waals surface area (Å²) in [5.74, 6) is -3.49. The van der Waals surface area contributed by atoms with E-state index in [1.807, 2.05) is 0 Å². The first-order valence-corrected chi connectivity index (χ1v) is 8.52. The first-order chi connectivity index (χ1) is 12.9. The Kier molecular flexibility index (Phi) is 7.00. The van der Waals surface area contributed by atoms with Crippen LogP contribution in [0, 0.1) is 10.1 Å². The molecule has 1 aliphatic heterocycles. The van der Waals surface area contributed by atoms with Gasteiger partial charge in [0.25, 0.3) is 5.69 Å². The summed E-state index contributed by atoms with van der Waals surface area (Å²) in [7, 11) is 0. The van der Waals surface area contributed by atoms with Crippen molar-refractivity contribution in [3.05, 3.63) is 50.9 Å². The number of hydrogen-bond donors (Lipinski definition) is 0. The number of nitro groups is 1. The first kappa shape index (κ1) is 20.5. The molecule has 0 fully saturated rings. The molecule has 1 aromatic rings. The van der Waals surface area contributed by atoms with Gasteiger partial charge in [0.2, 0.25) is 6.29 Å². The number of nitrogens with zero attached hydrogens (tertiary/aromatic N) is 1. The molecule has 27 heavy (non-hydrogen) atoms. The van der Waals surface area contributed by atoms with E-state index in [1.165, 1.54) is 18.6 Å². The summed E-state index contributed by atoms with van der Waals surface area (Å²) in [6, 6.07) is 2.39. The van der Waals surface area contributed by atoms with Crippen LogP contribution in [0.15, 0.2) is 24.7 Å². The van der Waals surface area contributed by atoms with E-state index < -0.39 is 34.8 Å². The summed E-state index contributed by atoms with van der Waals surface area (Å²) in [5.41, 5.74) is -0.243. The molecule has 2 rings (SSSR count). The van der Waals surface area contributed by atoms with E-state index in [0.29, 0.717) is 5.56 Å². The van der Waals surface area contributed by atoms with Crippen molar-refractivity contribution in [1.82, 2.24) is 0 Å². The van der Waals surface area contributed by atoms with Crippen LogP contribution in [0.2, 0.25) is 5.02 Å². The standard InChI is InChI=1S/C17H18ClNO8/c1-3-24-16(20)15(17(21)25-4-2)11-7-10(8-14-26-5-6-27-14)12(18)9-13(11)19(22)23/h5-7,9,14-15H,3-4,8H2,1-2H3. The van der Waals surface area contributed by atoms with E-state index in [4.69, 9.17) is 30.5 Å². The van der Waals surface area contributed by atoms with Gasteiger partial charge in [-0.05, 0) is 25.5 Å². The fourth-order valence-corrected chi connectivity index (χ4v) is 2.76. The molecule has 1 heterocycles. The smallest absolute Gasteiger partial charge is 0.325 e. The molecule has 0 unspecified atom stereocenters. The van der Waals surface area contributed by atoms with Crippen LogP contribution in [0.25, 0.3) is 0 Å². The molecule has 0 atom stereocenters. The average molecular weight is 400 g/mol. The number of benzene rings is 1. The van der Waals surface area contributed by atoms with Gasteiger partial charge in [-0.25, -0.2) is 0 Å². The van der Waals surface area contributed by atoms with E-state index in [1.54, 1.807) is 13.8 Å². The summed E-state index contributed by atoms with van der Waals surface area (Å²) in [4.78, 5) is 35.4. The molecular formula is C17H18ClNO8. The molecule has 0 saturated heterocycles. The van der Waals surface area contributed by atoms with Crippen molar-refractivity contribution in [1.29, 1.82) is 0 Å². The van der Waals surface area contributed by atoms with Crippen molar-refractivity contribution in [2.45, 2.75) is 32.5 Å². The molecule has 1 aliphatic rings. The topological polar surface area (TPSA) is 114 Å². The maximum atomic E-state index is 12.3. The van der Waals surface area contributed by atoms with Gasteiger partial charge in [0, 0.05) is 12.5 Å². The zero-order valence-corrected chi connectivity index (χ0v) is 15.4. The number of carbonyl (C=O) groups excluding carboxylic acids is 2. The van der Waals surface area contributed by atoms with E-state index in [-0.39, 0.29) is 30.2 Å².